The van der Waals surface area contributed by atoms with Crippen molar-refractivity contribution in [2.24, 2.45) is 17.2 Å². The first kappa shape index (κ1) is 92.1. The molecule has 0 bridgehead atoms. The summed E-state index contributed by atoms with van der Waals surface area (Å²) in [6, 6.07) is 7.65. The largest absolute Gasteiger partial charge is 0.481 e. The summed E-state index contributed by atoms with van der Waals surface area (Å²) in [5, 5.41) is 69.6. The van der Waals surface area contributed by atoms with Crippen LogP contribution < -0.4 is 86.3 Å². The number of aliphatic hydroxyl groups excluding tert-OH is 1. The van der Waals surface area contributed by atoms with Crippen molar-refractivity contribution >= 4 is 106 Å². The number of ether oxygens (including phenoxy) is 1. The minimum absolute atomic E-state index is 0.00561. The molecule has 0 saturated carbocycles. The van der Waals surface area contributed by atoms with Crippen molar-refractivity contribution in [3.05, 3.63) is 144 Å². The van der Waals surface area contributed by atoms with E-state index in [1.54, 1.807) is 64.1 Å². The lowest BCUT2D eigenvalue weighted by Crippen LogP contribution is -2.61. The number of carboxylic acids is 1. The number of guanidine groups is 2. The standard InChI is InChI=1S/C79H108N20O17/c1-8-19-54(90-63(101)40-87-64(102)42-116-66-50-24-13-11-22-48(50)49-23-12-14-25-51(49)66)70(108)94-58(33-31-44(5)6)73(111)98-61(41-100)75(113)97-60(39-65(103)104)77(115)99-36-18-29-62(99)76(114)95-57(28-17-35-86-79(83)84)72(110)92-55(20-9-2)69(107)88-45(7)68(106)96-59(38-47-37-46-21-10-15-26-52(46)89-47)74(112)93-56(27-16-34-85-78(81)82)71(109)91-53(67(80)105)32-30-43(3)4/h8-15,21-26,30-31,37,45,53-62,66,89,100H,1-2,16-20,27-29,32-36,38-42H2,3-7H3,(H2,80,105)(H,87,102)(H,88,107)(H,90,101)(H,91,109)(H,92,110)(H,93,112)(H,94,108)(H,95,114)(H,96,106)(H,97,113)(H,98,111)(H,103,104)(H4,81,82,85)(H4,83,84,86)/t45-,53-,54-,55-,56-,57-,58-,59-,60-,61-,62?/m0/s1. The Morgan fingerprint density at radius 3 is 1.57 bits per heavy atom. The van der Waals surface area contributed by atoms with E-state index in [-0.39, 0.29) is 96.2 Å². The fraction of sp³-hybridized carbons (Fsp3) is 0.443. The van der Waals surface area contributed by atoms with E-state index in [0.29, 0.717) is 16.8 Å². The highest BCUT2D eigenvalue weighted by Gasteiger charge is 2.42. The van der Waals surface area contributed by atoms with E-state index in [1.807, 2.05) is 54.6 Å². The van der Waals surface area contributed by atoms with Crippen LogP contribution in [0.1, 0.15) is 128 Å². The van der Waals surface area contributed by atoms with E-state index < -0.39 is 187 Å². The molecule has 24 N–H and O–H groups in total. The first-order valence-electron chi connectivity index (χ1n) is 37.9. The fourth-order valence-electron chi connectivity index (χ4n) is 12.8. The maximum Gasteiger partial charge on any atom is 0.305 e. The maximum atomic E-state index is 14.5. The minimum Gasteiger partial charge on any atom is -0.481 e. The van der Waals surface area contributed by atoms with E-state index in [4.69, 9.17) is 32.8 Å². The zero-order valence-electron chi connectivity index (χ0n) is 65.6. The number of para-hydroxylation sites is 1. The molecule has 11 atom stereocenters. The Labute approximate surface area is 670 Å². The number of aromatic amines is 1. The zero-order chi connectivity index (χ0) is 85.3. The van der Waals surface area contributed by atoms with Gasteiger partial charge in [0.2, 0.25) is 76.8 Å². The molecule has 1 unspecified atom stereocenters. The van der Waals surface area contributed by atoms with Gasteiger partial charge < -0.3 is 111 Å². The van der Waals surface area contributed by atoms with Crippen LogP contribution in [0.25, 0.3) is 22.0 Å². The highest BCUT2D eigenvalue weighted by molar-refractivity contribution is 6.01. The number of fused-ring (bicyclic) bond motifs is 4. The topological polar surface area (TPSA) is 590 Å². The van der Waals surface area contributed by atoms with Crippen LogP contribution in [0, 0.1) is 10.8 Å². The molecule has 2 aliphatic rings. The second-order valence-electron chi connectivity index (χ2n) is 28.5. The van der Waals surface area contributed by atoms with Crippen LogP contribution in [0.3, 0.4) is 0 Å². The summed E-state index contributed by atoms with van der Waals surface area (Å²) in [6.07, 6.45) is 3.62. The predicted molar refractivity (Wildman–Crippen MR) is 429 cm³/mol. The molecule has 0 radical (unpaired) electrons. The summed E-state index contributed by atoms with van der Waals surface area (Å²) in [7, 11) is 0. The average Bonchev–Trinajstić information content (AvgIpc) is 1.61. The average molecular weight is 1610 g/mol. The number of carbonyl (C=O) groups excluding carboxylic acids is 13. The first-order chi connectivity index (χ1) is 55.2. The highest BCUT2D eigenvalue weighted by Crippen LogP contribution is 2.45. The number of aromatic nitrogens is 1. The molecule has 3 aromatic carbocycles. The van der Waals surface area contributed by atoms with Crippen molar-refractivity contribution in [1.29, 1.82) is 10.8 Å². The van der Waals surface area contributed by atoms with E-state index >= 15 is 0 Å². The Balaban J connectivity index is 1.11. The monoisotopic (exact) mass is 1610 g/mol. The molecular formula is C79H108N20O17. The van der Waals surface area contributed by atoms with Gasteiger partial charge in [-0.1, -0.05) is 102 Å². The number of nitrogens with one attached hydrogen (secondary N) is 16. The molecular weight excluding hydrogens is 1500 g/mol. The Bertz CT molecular complexity index is 4250. The van der Waals surface area contributed by atoms with Gasteiger partial charge in [0.25, 0.3) is 0 Å². The summed E-state index contributed by atoms with van der Waals surface area (Å²) in [5.41, 5.74) is 23.0. The molecule has 1 aliphatic carbocycles. The van der Waals surface area contributed by atoms with Crippen molar-refractivity contribution in [2.45, 2.75) is 184 Å². The number of benzene rings is 3. The summed E-state index contributed by atoms with van der Waals surface area (Å²) in [4.78, 5) is 198. The van der Waals surface area contributed by atoms with Crippen LogP contribution in [-0.2, 0) is 78.3 Å². The molecule has 1 fully saturated rings. The van der Waals surface area contributed by atoms with Gasteiger partial charge in [-0.05, 0) is 139 Å². The number of carboxylic acid groups (broad SMARTS) is 1. The number of hydrogen-bond acceptors (Lipinski definition) is 18. The second-order valence-corrected chi connectivity index (χ2v) is 28.5. The third-order valence-electron chi connectivity index (χ3n) is 18.8. The van der Waals surface area contributed by atoms with Crippen LogP contribution in [0.2, 0.25) is 0 Å². The van der Waals surface area contributed by atoms with Crippen molar-refractivity contribution in [3.8, 4) is 11.1 Å². The van der Waals surface area contributed by atoms with Gasteiger partial charge in [-0.25, -0.2) is 0 Å². The number of allylic oxidation sites excluding steroid dienone is 2. The lowest BCUT2D eigenvalue weighted by molar-refractivity contribution is -0.146. The van der Waals surface area contributed by atoms with E-state index in [1.165, 1.54) is 19.1 Å². The van der Waals surface area contributed by atoms with Gasteiger partial charge in [-0.3, -0.25) is 77.9 Å². The molecule has 37 nitrogen and oxygen atoms in total. The van der Waals surface area contributed by atoms with Crippen molar-refractivity contribution in [1.82, 2.24) is 79.0 Å². The number of aliphatic hydroxyl groups is 1. The third-order valence-corrected chi connectivity index (χ3v) is 18.8. The molecule has 1 aromatic heterocycles. The zero-order valence-corrected chi connectivity index (χ0v) is 65.6. The molecule has 6 rings (SSSR count). The Morgan fingerprint density at radius 2 is 1.03 bits per heavy atom. The van der Waals surface area contributed by atoms with Crippen LogP contribution in [0.5, 0.6) is 0 Å². The number of amides is 13. The van der Waals surface area contributed by atoms with Gasteiger partial charge in [0.05, 0.1) is 19.6 Å². The van der Waals surface area contributed by atoms with Crippen molar-refractivity contribution in [2.75, 3.05) is 39.4 Å². The Hall–Kier alpha value is -12.8. The molecule has 1 aliphatic heterocycles. The molecule has 0 spiro atoms. The van der Waals surface area contributed by atoms with E-state index in [9.17, 15) is 77.3 Å². The summed E-state index contributed by atoms with van der Waals surface area (Å²) in [6.45, 7) is 13.5. The maximum absolute atomic E-state index is 14.5. The van der Waals surface area contributed by atoms with E-state index in [2.05, 4.69) is 87.3 Å². The first-order valence-corrected chi connectivity index (χ1v) is 37.9. The lowest BCUT2D eigenvalue weighted by atomic mass is 10.1. The molecule has 4 aromatic rings. The van der Waals surface area contributed by atoms with Gasteiger partial charge in [-0.15, -0.1) is 13.2 Å². The van der Waals surface area contributed by atoms with Crippen molar-refractivity contribution in [3.63, 3.8) is 0 Å². The molecule has 116 heavy (non-hydrogen) atoms. The van der Waals surface area contributed by atoms with Gasteiger partial charge in [0.15, 0.2) is 11.9 Å². The highest BCUT2D eigenvalue weighted by atomic mass is 16.5. The summed E-state index contributed by atoms with van der Waals surface area (Å²) < 4.78 is 6.04. The van der Waals surface area contributed by atoms with Gasteiger partial charge in [0, 0.05) is 37.3 Å². The summed E-state index contributed by atoms with van der Waals surface area (Å²) in [5.74, 6) is -14.3. The summed E-state index contributed by atoms with van der Waals surface area (Å²) >= 11 is 0. The number of likely N-dealkylation sites (tertiary alicyclic amines) is 1. The number of primary amides is 1. The van der Waals surface area contributed by atoms with Crippen molar-refractivity contribution < 1.29 is 82.1 Å². The molecule has 13 amide bonds. The minimum atomic E-state index is -1.95. The number of H-pyrrole nitrogens is 1. The van der Waals surface area contributed by atoms with Crippen LogP contribution in [0.15, 0.2) is 127 Å². The molecule has 2 heterocycles. The number of nitrogens with two attached hydrogens (primary N) is 3. The fourth-order valence-corrected chi connectivity index (χ4v) is 12.8. The number of nitrogens with zero attached hydrogens (tertiary/aromatic N) is 1. The number of carbonyl (C=O) groups is 14. The SMILES string of the molecule is C=CC[C@H](NC(=O)CNC(=O)COC1c2ccccc2-c2ccccc21)C(=O)N[C@@H](CC=C(C)C)C(=O)N[C@@H](CO)C(=O)N[C@@H](CC(=O)O)C(=O)N1CCCC1C(=O)N[C@@H](CCCNC(=N)N)C(=O)N[C@@H](CC=C)C(=O)N[C@@H](C)C(=O)N[C@@H](Cc1cc2ccccc2[nH]1)C(=O)N[C@@H](CCCNC(=N)N)C(=O)N[C@@H](CC=C(C)C)C(N)=O. The second kappa shape index (κ2) is 45.8. The predicted octanol–water partition coefficient (Wildman–Crippen LogP) is -1.18. The Morgan fingerprint density at radius 1 is 0.560 bits per heavy atom. The number of rotatable bonds is 47. The van der Waals surface area contributed by atoms with Gasteiger partial charge in [0.1, 0.15) is 79.2 Å². The molecule has 37 heteroatoms. The third kappa shape index (κ3) is 28.7. The number of hydrogen-bond donors (Lipinski definition) is 21. The normalized spacial score (nSPS) is 15.2. The quantitative estimate of drug-likeness (QED) is 0.0107. The van der Waals surface area contributed by atoms with Crippen LogP contribution in [-0.4, -0.2) is 221 Å². The van der Waals surface area contributed by atoms with Gasteiger partial charge >= 0.3 is 5.97 Å². The van der Waals surface area contributed by atoms with Gasteiger partial charge in [-0.2, -0.15) is 0 Å². The van der Waals surface area contributed by atoms with E-state index in [0.717, 1.165) is 38.1 Å². The van der Waals surface area contributed by atoms with Crippen LogP contribution in [0.4, 0.5) is 0 Å². The molecule has 626 valence electrons. The lowest BCUT2D eigenvalue weighted by Gasteiger charge is -2.30. The molecule has 1 saturated heterocycles. The Kier molecular flexibility index (Phi) is 36.3. The smallest absolute Gasteiger partial charge is 0.305 e. The van der Waals surface area contributed by atoms with Crippen LogP contribution >= 0.6 is 0 Å². The number of aliphatic carboxylic acids is 1.